The Morgan fingerprint density at radius 1 is 1.23 bits per heavy atom. The summed E-state index contributed by atoms with van der Waals surface area (Å²) < 4.78 is 1.82. The van der Waals surface area contributed by atoms with Gasteiger partial charge in [0.05, 0.1) is 16.8 Å². The highest BCUT2D eigenvalue weighted by molar-refractivity contribution is 5.93. The summed E-state index contributed by atoms with van der Waals surface area (Å²) in [6.07, 6.45) is 4.28. The van der Waals surface area contributed by atoms with Crippen molar-refractivity contribution in [2.75, 3.05) is 0 Å². The monoisotopic (exact) mass is 351 g/mol. The summed E-state index contributed by atoms with van der Waals surface area (Å²) in [5.41, 5.74) is 3.66. The van der Waals surface area contributed by atoms with Crippen LogP contribution in [0.4, 0.5) is 5.69 Å². The first-order valence-electron chi connectivity index (χ1n) is 7.45. The Morgan fingerprint density at radius 2 is 2.00 bits per heavy atom. The maximum Gasteiger partial charge on any atom is 0.289 e. The van der Waals surface area contributed by atoms with Crippen molar-refractivity contribution in [1.82, 2.24) is 15.0 Å². The second kappa shape index (κ2) is 7.26. The summed E-state index contributed by atoms with van der Waals surface area (Å²) in [5.74, 6) is -0.419. The van der Waals surface area contributed by atoms with Gasteiger partial charge in [0.25, 0.3) is 11.6 Å². The van der Waals surface area contributed by atoms with Crippen molar-refractivity contribution < 1.29 is 14.8 Å². The molecular weight excluding hydrogens is 338 g/mol. The number of phenolic OH excluding ortho intramolecular Hbond substituents is 1. The fourth-order valence-corrected chi connectivity index (χ4v) is 2.19. The summed E-state index contributed by atoms with van der Waals surface area (Å²) in [7, 11) is 0. The second-order valence-electron chi connectivity index (χ2n) is 5.18. The minimum absolute atomic E-state index is 0.0154. The van der Waals surface area contributed by atoms with Gasteiger partial charge in [-0.3, -0.25) is 14.9 Å². The van der Waals surface area contributed by atoms with Gasteiger partial charge in [0.1, 0.15) is 17.6 Å². The van der Waals surface area contributed by atoms with E-state index in [1.54, 1.807) is 30.3 Å². The van der Waals surface area contributed by atoms with Crippen molar-refractivity contribution in [2.45, 2.75) is 0 Å². The zero-order valence-electron chi connectivity index (χ0n) is 13.3. The zero-order valence-corrected chi connectivity index (χ0v) is 13.3. The molecule has 3 aromatic rings. The van der Waals surface area contributed by atoms with E-state index in [0.29, 0.717) is 5.69 Å². The summed E-state index contributed by atoms with van der Waals surface area (Å²) >= 11 is 0. The topological polar surface area (TPSA) is 123 Å². The molecule has 130 valence electrons. The number of carbonyl (C=O) groups excluding carboxylic acids is 1. The van der Waals surface area contributed by atoms with E-state index in [1.807, 2.05) is 16.8 Å². The lowest BCUT2D eigenvalue weighted by molar-refractivity contribution is -0.385. The second-order valence-corrected chi connectivity index (χ2v) is 5.18. The molecule has 2 N–H and O–H groups in total. The van der Waals surface area contributed by atoms with Gasteiger partial charge in [-0.15, -0.1) is 0 Å². The Labute approximate surface area is 147 Å². The number of rotatable bonds is 5. The molecule has 0 aliphatic carbocycles. The van der Waals surface area contributed by atoms with E-state index in [4.69, 9.17) is 0 Å². The SMILES string of the molecule is O=C(N/N=C/c1cccn1-c1ccc(O)cc1)c1ccc([N+](=O)[O-])cn1. The molecule has 2 aromatic heterocycles. The largest absolute Gasteiger partial charge is 0.508 e. The van der Waals surface area contributed by atoms with Gasteiger partial charge >= 0.3 is 0 Å². The molecule has 0 aliphatic rings. The smallest absolute Gasteiger partial charge is 0.289 e. The Bertz CT molecular complexity index is 962. The number of phenols is 1. The number of hydrogen-bond acceptors (Lipinski definition) is 6. The number of aromatic hydroxyl groups is 1. The highest BCUT2D eigenvalue weighted by Gasteiger charge is 2.10. The Morgan fingerprint density at radius 3 is 2.65 bits per heavy atom. The number of hydrogen-bond donors (Lipinski definition) is 2. The van der Waals surface area contributed by atoms with E-state index in [0.717, 1.165) is 11.9 Å². The number of carbonyl (C=O) groups is 1. The molecule has 0 unspecified atom stereocenters. The Balaban J connectivity index is 1.69. The lowest BCUT2D eigenvalue weighted by Crippen LogP contribution is -2.19. The first-order valence-corrected chi connectivity index (χ1v) is 7.45. The van der Waals surface area contributed by atoms with Crippen molar-refractivity contribution in [3.05, 3.63) is 82.4 Å². The average Bonchev–Trinajstić information content (AvgIpc) is 3.11. The number of benzene rings is 1. The molecule has 2 heterocycles. The standard InChI is InChI=1S/C17H13N5O4/c23-15-6-3-12(4-7-15)21-9-1-2-13(21)11-19-20-17(24)16-8-5-14(10-18-16)22(25)26/h1-11,23H,(H,20,24)/b19-11+. The van der Waals surface area contributed by atoms with Gasteiger partial charge < -0.3 is 9.67 Å². The Hall–Kier alpha value is -4.01. The first kappa shape index (κ1) is 16.8. The number of nitro groups is 1. The van der Waals surface area contributed by atoms with Gasteiger partial charge in [0.15, 0.2) is 0 Å². The van der Waals surface area contributed by atoms with Crippen LogP contribution in [0.15, 0.2) is 66.0 Å². The molecule has 0 saturated heterocycles. The van der Waals surface area contributed by atoms with E-state index >= 15 is 0 Å². The van der Waals surface area contributed by atoms with Crippen LogP contribution in [0.1, 0.15) is 16.2 Å². The Kier molecular flexibility index (Phi) is 4.70. The molecule has 0 aliphatic heterocycles. The third kappa shape index (κ3) is 3.73. The summed E-state index contributed by atoms with van der Waals surface area (Å²) in [5, 5.41) is 23.8. The minimum atomic E-state index is -0.593. The van der Waals surface area contributed by atoms with Crippen LogP contribution in [0.2, 0.25) is 0 Å². The molecule has 0 spiro atoms. The summed E-state index contributed by atoms with van der Waals surface area (Å²) in [6.45, 7) is 0. The molecule has 1 amide bonds. The van der Waals surface area contributed by atoms with Gasteiger partial charge in [-0.25, -0.2) is 10.4 Å². The van der Waals surface area contributed by atoms with Crippen molar-refractivity contribution >= 4 is 17.8 Å². The van der Waals surface area contributed by atoms with Crippen LogP contribution in [-0.2, 0) is 0 Å². The predicted molar refractivity (Wildman–Crippen MR) is 93.4 cm³/mol. The van der Waals surface area contributed by atoms with Crippen molar-refractivity contribution in [1.29, 1.82) is 0 Å². The van der Waals surface area contributed by atoms with Crippen LogP contribution in [0.5, 0.6) is 5.75 Å². The normalized spacial score (nSPS) is 10.8. The molecule has 26 heavy (non-hydrogen) atoms. The van der Waals surface area contributed by atoms with Gasteiger partial charge in [0.2, 0.25) is 0 Å². The third-order valence-corrected chi connectivity index (χ3v) is 3.46. The zero-order chi connectivity index (χ0) is 18.5. The van der Waals surface area contributed by atoms with Crippen molar-refractivity contribution in [2.24, 2.45) is 5.10 Å². The predicted octanol–water partition coefficient (Wildman–Crippen LogP) is 2.25. The third-order valence-electron chi connectivity index (χ3n) is 3.46. The lowest BCUT2D eigenvalue weighted by atomic mass is 10.3. The highest BCUT2D eigenvalue weighted by atomic mass is 16.6. The van der Waals surface area contributed by atoms with E-state index in [-0.39, 0.29) is 17.1 Å². The van der Waals surface area contributed by atoms with E-state index < -0.39 is 10.8 Å². The maximum atomic E-state index is 12.0. The van der Waals surface area contributed by atoms with Crippen LogP contribution >= 0.6 is 0 Å². The number of hydrazone groups is 1. The molecule has 1 aromatic carbocycles. The van der Waals surface area contributed by atoms with Crippen LogP contribution in [0.25, 0.3) is 5.69 Å². The van der Waals surface area contributed by atoms with Gasteiger partial charge in [-0.05, 0) is 42.5 Å². The molecule has 9 nitrogen and oxygen atoms in total. The quantitative estimate of drug-likeness (QED) is 0.415. The molecule has 0 saturated carbocycles. The van der Waals surface area contributed by atoms with Crippen LogP contribution in [-0.4, -0.2) is 31.7 Å². The molecule has 0 radical (unpaired) electrons. The fourth-order valence-electron chi connectivity index (χ4n) is 2.19. The fraction of sp³-hybridized carbons (Fsp3) is 0. The summed E-state index contributed by atoms with van der Waals surface area (Å²) in [6, 6.07) is 12.7. The highest BCUT2D eigenvalue weighted by Crippen LogP contribution is 2.15. The molecule has 9 heteroatoms. The molecule has 3 rings (SSSR count). The number of amides is 1. The van der Waals surface area contributed by atoms with Crippen molar-refractivity contribution in [3.8, 4) is 11.4 Å². The van der Waals surface area contributed by atoms with Crippen LogP contribution in [0, 0.1) is 10.1 Å². The van der Waals surface area contributed by atoms with Gasteiger partial charge in [-0.1, -0.05) is 0 Å². The van der Waals surface area contributed by atoms with Gasteiger partial charge in [-0.2, -0.15) is 5.10 Å². The van der Waals surface area contributed by atoms with Gasteiger partial charge in [0, 0.05) is 18.0 Å². The molecule has 0 fully saturated rings. The van der Waals surface area contributed by atoms with E-state index in [2.05, 4.69) is 15.5 Å². The molecule has 0 atom stereocenters. The van der Waals surface area contributed by atoms with E-state index in [1.165, 1.54) is 18.3 Å². The number of nitrogens with one attached hydrogen (secondary N) is 1. The minimum Gasteiger partial charge on any atom is -0.508 e. The molecular formula is C17H13N5O4. The van der Waals surface area contributed by atoms with Crippen molar-refractivity contribution in [3.63, 3.8) is 0 Å². The molecule has 0 bridgehead atoms. The lowest BCUT2D eigenvalue weighted by Gasteiger charge is -2.06. The van der Waals surface area contributed by atoms with Crippen LogP contribution < -0.4 is 5.43 Å². The average molecular weight is 351 g/mol. The number of pyridine rings is 1. The van der Waals surface area contributed by atoms with Crippen LogP contribution in [0.3, 0.4) is 0 Å². The first-order chi connectivity index (χ1) is 12.5. The van der Waals surface area contributed by atoms with E-state index in [9.17, 15) is 20.0 Å². The number of aromatic nitrogens is 2. The maximum absolute atomic E-state index is 12.0. The summed E-state index contributed by atoms with van der Waals surface area (Å²) in [4.78, 5) is 25.7. The number of nitrogens with zero attached hydrogens (tertiary/aromatic N) is 4.